The van der Waals surface area contributed by atoms with Gasteiger partial charge >= 0.3 is 0 Å². The van der Waals surface area contributed by atoms with Crippen molar-refractivity contribution in [3.8, 4) is 0 Å². The maximum Gasteiger partial charge on any atom is 0.0931 e. The summed E-state index contributed by atoms with van der Waals surface area (Å²) in [5.41, 5.74) is 5.11. The van der Waals surface area contributed by atoms with Gasteiger partial charge in [-0.3, -0.25) is 0 Å². The number of hydrogen-bond donors (Lipinski definition) is 1. The van der Waals surface area contributed by atoms with E-state index < -0.39 is 0 Å². The Bertz CT molecular complexity index is 125. The first-order chi connectivity index (χ1) is 8.35. The minimum atomic E-state index is 0.412. The molecule has 0 aromatic heterocycles. The molecule has 1 saturated heterocycles. The molecule has 1 unspecified atom stereocenters. The van der Waals surface area contributed by atoms with Gasteiger partial charge in [-0.25, -0.2) is 0 Å². The Kier molecular flexibility index (Phi) is 13.9. The topological polar surface area (TPSA) is 38.5 Å². The largest absolute Gasteiger partial charge is 0.372 e. The van der Waals surface area contributed by atoms with Crippen molar-refractivity contribution >= 4 is 0 Å². The van der Waals surface area contributed by atoms with E-state index in [2.05, 4.69) is 13.8 Å². The third kappa shape index (κ3) is 15.9. The highest BCUT2D eigenvalue weighted by molar-refractivity contribution is 4.67. The predicted molar refractivity (Wildman–Crippen MR) is 76.3 cm³/mol. The SMILES string of the molecule is CCCCCCCCCCCC.NCC1CO1. The molecule has 1 aliphatic heterocycles. The Hall–Kier alpha value is -0.0800. The molecule has 104 valence electrons. The van der Waals surface area contributed by atoms with Gasteiger partial charge in [0, 0.05) is 6.54 Å². The summed E-state index contributed by atoms with van der Waals surface area (Å²) in [4.78, 5) is 0. The normalized spacial score (nSPS) is 17.5. The third-order valence-corrected chi connectivity index (χ3v) is 3.12. The van der Waals surface area contributed by atoms with Crippen LogP contribution in [0.15, 0.2) is 0 Å². The molecule has 2 heteroatoms. The minimum absolute atomic E-state index is 0.412. The zero-order valence-corrected chi connectivity index (χ0v) is 12.0. The summed E-state index contributed by atoms with van der Waals surface area (Å²) >= 11 is 0. The highest BCUT2D eigenvalue weighted by atomic mass is 16.6. The molecular formula is C15H33NO. The van der Waals surface area contributed by atoms with Crippen LogP contribution in [0.5, 0.6) is 0 Å². The van der Waals surface area contributed by atoms with Crippen LogP contribution < -0.4 is 5.73 Å². The van der Waals surface area contributed by atoms with Crippen LogP contribution in [0.25, 0.3) is 0 Å². The van der Waals surface area contributed by atoms with Gasteiger partial charge in [-0.05, 0) is 0 Å². The molecule has 1 heterocycles. The lowest BCUT2D eigenvalue weighted by molar-refractivity contribution is 0.412. The fraction of sp³-hybridized carbons (Fsp3) is 1.00. The molecule has 1 rings (SSSR count). The van der Waals surface area contributed by atoms with Crippen LogP contribution in [-0.2, 0) is 4.74 Å². The van der Waals surface area contributed by atoms with Crippen LogP contribution in [0.2, 0.25) is 0 Å². The van der Waals surface area contributed by atoms with Gasteiger partial charge in [-0.1, -0.05) is 78.1 Å². The Morgan fingerprint density at radius 2 is 1.18 bits per heavy atom. The fourth-order valence-corrected chi connectivity index (χ4v) is 1.76. The quantitative estimate of drug-likeness (QED) is 0.459. The molecule has 0 aromatic carbocycles. The van der Waals surface area contributed by atoms with E-state index in [1.54, 1.807) is 0 Å². The van der Waals surface area contributed by atoms with E-state index in [0.29, 0.717) is 12.6 Å². The lowest BCUT2D eigenvalue weighted by Gasteiger charge is -1.99. The van der Waals surface area contributed by atoms with Gasteiger partial charge < -0.3 is 10.5 Å². The molecule has 2 nitrogen and oxygen atoms in total. The van der Waals surface area contributed by atoms with E-state index in [1.165, 1.54) is 64.2 Å². The summed E-state index contributed by atoms with van der Waals surface area (Å²) in [6, 6.07) is 0. The van der Waals surface area contributed by atoms with E-state index in [4.69, 9.17) is 10.5 Å². The fourth-order valence-electron chi connectivity index (χ4n) is 1.76. The van der Waals surface area contributed by atoms with Crippen molar-refractivity contribution in [2.45, 2.75) is 84.2 Å². The molecule has 0 spiro atoms. The minimum Gasteiger partial charge on any atom is -0.372 e. The smallest absolute Gasteiger partial charge is 0.0931 e. The molecule has 0 amide bonds. The average Bonchev–Trinajstić information content (AvgIpc) is 3.17. The van der Waals surface area contributed by atoms with Crippen molar-refractivity contribution in [1.82, 2.24) is 0 Å². The number of epoxide rings is 1. The molecule has 1 aliphatic rings. The summed E-state index contributed by atoms with van der Waals surface area (Å²) in [5.74, 6) is 0. The number of hydrogen-bond acceptors (Lipinski definition) is 2. The van der Waals surface area contributed by atoms with Crippen molar-refractivity contribution < 1.29 is 4.74 Å². The summed E-state index contributed by atoms with van der Waals surface area (Å²) in [5, 5.41) is 0. The first kappa shape index (κ1) is 16.9. The standard InChI is InChI=1S/C12H26.C3H7NO/c1-3-5-7-9-11-12-10-8-6-4-2;4-1-3-2-5-3/h3-12H2,1-2H3;3H,1-2,4H2. The molecule has 17 heavy (non-hydrogen) atoms. The molecule has 0 radical (unpaired) electrons. The van der Waals surface area contributed by atoms with Crippen LogP contribution >= 0.6 is 0 Å². The van der Waals surface area contributed by atoms with Gasteiger partial charge in [-0.15, -0.1) is 0 Å². The van der Waals surface area contributed by atoms with Gasteiger partial charge in [0.05, 0.1) is 12.7 Å². The maximum absolute atomic E-state index is 5.11. The van der Waals surface area contributed by atoms with Crippen LogP contribution in [0.1, 0.15) is 78.1 Å². The second-order valence-corrected chi connectivity index (χ2v) is 5.02. The Labute approximate surface area is 108 Å². The number of unbranched alkanes of at least 4 members (excludes halogenated alkanes) is 9. The highest BCUT2D eigenvalue weighted by Crippen LogP contribution is 2.09. The van der Waals surface area contributed by atoms with Gasteiger partial charge in [-0.2, -0.15) is 0 Å². The van der Waals surface area contributed by atoms with Crippen molar-refractivity contribution in [2.24, 2.45) is 5.73 Å². The van der Waals surface area contributed by atoms with Gasteiger partial charge in [0.25, 0.3) is 0 Å². The van der Waals surface area contributed by atoms with E-state index in [9.17, 15) is 0 Å². The molecule has 0 saturated carbocycles. The van der Waals surface area contributed by atoms with E-state index in [1.807, 2.05) is 0 Å². The Morgan fingerprint density at radius 1 is 0.824 bits per heavy atom. The van der Waals surface area contributed by atoms with Crippen LogP contribution in [-0.4, -0.2) is 19.3 Å². The Balaban J connectivity index is 0.000000419. The second kappa shape index (κ2) is 14.0. The monoisotopic (exact) mass is 243 g/mol. The molecule has 0 aliphatic carbocycles. The van der Waals surface area contributed by atoms with Crippen molar-refractivity contribution in [3.63, 3.8) is 0 Å². The van der Waals surface area contributed by atoms with E-state index >= 15 is 0 Å². The highest BCUT2D eigenvalue weighted by Gasteiger charge is 2.18. The molecule has 0 bridgehead atoms. The van der Waals surface area contributed by atoms with E-state index in [0.717, 1.165) is 6.61 Å². The summed E-state index contributed by atoms with van der Waals surface area (Å²) < 4.78 is 4.73. The van der Waals surface area contributed by atoms with Crippen LogP contribution in [0.4, 0.5) is 0 Å². The molecule has 1 atom stereocenters. The number of nitrogens with two attached hydrogens (primary N) is 1. The average molecular weight is 243 g/mol. The second-order valence-electron chi connectivity index (χ2n) is 5.02. The summed E-state index contributed by atoms with van der Waals surface area (Å²) in [6.45, 7) is 6.14. The first-order valence-electron chi connectivity index (χ1n) is 7.66. The number of ether oxygens (including phenoxy) is 1. The van der Waals surface area contributed by atoms with Gasteiger partial charge in [0.15, 0.2) is 0 Å². The zero-order chi connectivity index (χ0) is 12.8. The van der Waals surface area contributed by atoms with Crippen molar-refractivity contribution in [2.75, 3.05) is 13.2 Å². The van der Waals surface area contributed by atoms with Crippen molar-refractivity contribution in [1.29, 1.82) is 0 Å². The van der Waals surface area contributed by atoms with Gasteiger partial charge in [0.2, 0.25) is 0 Å². The summed E-state index contributed by atoms with van der Waals surface area (Å²) in [7, 11) is 0. The lowest BCUT2D eigenvalue weighted by atomic mass is 10.1. The molecule has 2 N–H and O–H groups in total. The molecule has 1 fully saturated rings. The maximum atomic E-state index is 5.11. The molecular weight excluding hydrogens is 210 g/mol. The van der Waals surface area contributed by atoms with Crippen LogP contribution in [0.3, 0.4) is 0 Å². The Morgan fingerprint density at radius 3 is 1.35 bits per heavy atom. The predicted octanol–water partition coefficient (Wildman–Crippen LogP) is 4.27. The first-order valence-corrected chi connectivity index (χ1v) is 7.66. The van der Waals surface area contributed by atoms with Crippen molar-refractivity contribution in [3.05, 3.63) is 0 Å². The van der Waals surface area contributed by atoms with Gasteiger partial charge in [0.1, 0.15) is 0 Å². The van der Waals surface area contributed by atoms with Crippen LogP contribution in [0, 0.1) is 0 Å². The molecule has 0 aromatic rings. The summed E-state index contributed by atoms with van der Waals surface area (Å²) in [6.07, 6.45) is 14.9. The number of rotatable bonds is 10. The lowest BCUT2D eigenvalue weighted by Crippen LogP contribution is -2.05. The zero-order valence-electron chi connectivity index (χ0n) is 12.0. The van der Waals surface area contributed by atoms with E-state index in [-0.39, 0.29) is 0 Å². The third-order valence-electron chi connectivity index (χ3n) is 3.12.